The first-order chi connectivity index (χ1) is 12.9. The van der Waals surface area contributed by atoms with Gasteiger partial charge in [-0.1, -0.05) is 60.7 Å². The van der Waals surface area contributed by atoms with Crippen LogP contribution in [0.2, 0.25) is 0 Å². The van der Waals surface area contributed by atoms with Gasteiger partial charge in [-0.15, -0.1) is 0 Å². The first-order valence-corrected chi connectivity index (χ1v) is 8.12. The first kappa shape index (κ1) is 15.7. The number of nitriles is 1. The molecule has 0 atom stereocenters. The molecule has 0 aliphatic heterocycles. The molecular formula is C22H14N2O2. The molecule has 2 aromatic carbocycles. The zero-order chi connectivity index (χ0) is 17.8. The summed E-state index contributed by atoms with van der Waals surface area (Å²) >= 11 is 0. The summed E-state index contributed by atoms with van der Waals surface area (Å²) in [5, 5.41) is 9.73. The molecule has 0 aliphatic rings. The van der Waals surface area contributed by atoms with Crippen molar-refractivity contribution in [1.82, 2.24) is 0 Å². The summed E-state index contributed by atoms with van der Waals surface area (Å²) in [6, 6.07) is 25.1. The molecule has 0 fully saturated rings. The van der Waals surface area contributed by atoms with E-state index in [4.69, 9.17) is 8.83 Å². The van der Waals surface area contributed by atoms with Gasteiger partial charge in [-0.25, -0.2) is 4.99 Å². The van der Waals surface area contributed by atoms with Gasteiger partial charge in [-0.2, -0.15) is 5.26 Å². The highest BCUT2D eigenvalue weighted by Gasteiger charge is 2.24. The Morgan fingerprint density at radius 1 is 0.885 bits per heavy atom. The topological polar surface area (TPSA) is 62.4 Å². The smallest absolute Gasteiger partial charge is 0.238 e. The van der Waals surface area contributed by atoms with Gasteiger partial charge in [0.05, 0.1) is 11.8 Å². The fourth-order valence-electron chi connectivity index (χ4n) is 2.73. The molecule has 0 bridgehead atoms. The van der Waals surface area contributed by atoms with Crippen LogP contribution in [0.1, 0.15) is 11.1 Å². The van der Waals surface area contributed by atoms with Gasteiger partial charge in [0.1, 0.15) is 23.2 Å². The Hall–Kier alpha value is -3.84. The van der Waals surface area contributed by atoms with Crippen molar-refractivity contribution in [3.8, 4) is 28.7 Å². The van der Waals surface area contributed by atoms with Crippen LogP contribution in [0.25, 0.3) is 22.6 Å². The molecule has 0 amide bonds. The van der Waals surface area contributed by atoms with Gasteiger partial charge < -0.3 is 8.83 Å². The predicted molar refractivity (Wildman–Crippen MR) is 100 cm³/mol. The van der Waals surface area contributed by atoms with Gasteiger partial charge in [0, 0.05) is 11.8 Å². The molecule has 2 aromatic heterocycles. The highest BCUT2D eigenvalue weighted by molar-refractivity contribution is 5.88. The van der Waals surface area contributed by atoms with Gasteiger partial charge in [-0.05, 0) is 17.7 Å². The summed E-state index contributed by atoms with van der Waals surface area (Å²) in [6.07, 6.45) is 3.26. The van der Waals surface area contributed by atoms with Crippen LogP contribution in [0, 0.1) is 11.3 Å². The molecule has 0 saturated carbocycles. The maximum Gasteiger partial charge on any atom is 0.238 e. The van der Waals surface area contributed by atoms with Crippen molar-refractivity contribution >= 4 is 12.1 Å². The van der Waals surface area contributed by atoms with Crippen LogP contribution in [0.5, 0.6) is 0 Å². The van der Waals surface area contributed by atoms with Crippen molar-refractivity contribution in [2.24, 2.45) is 4.99 Å². The van der Waals surface area contributed by atoms with E-state index in [0.29, 0.717) is 22.6 Å². The average Bonchev–Trinajstić information content (AvgIpc) is 3.35. The molecule has 0 aliphatic carbocycles. The van der Waals surface area contributed by atoms with Crippen LogP contribution < -0.4 is 0 Å². The Labute approximate surface area is 150 Å². The normalized spacial score (nSPS) is 10.9. The lowest BCUT2D eigenvalue weighted by molar-refractivity contribution is 0.575. The molecule has 0 saturated heterocycles. The van der Waals surface area contributed by atoms with Crippen molar-refractivity contribution < 1.29 is 8.83 Å². The lowest BCUT2D eigenvalue weighted by atomic mass is 10.0. The second-order valence-corrected chi connectivity index (χ2v) is 5.61. The largest absolute Gasteiger partial charge is 0.464 e. The first-order valence-electron chi connectivity index (χ1n) is 8.12. The fraction of sp³-hybridized carbons (Fsp3) is 0. The zero-order valence-electron chi connectivity index (χ0n) is 13.8. The van der Waals surface area contributed by atoms with Crippen LogP contribution in [0.4, 0.5) is 5.88 Å². The van der Waals surface area contributed by atoms with E-state index >= 15 is 0 Å². The van der Waals surface area contributed by atoms with E-state index in [-0.39, 0.29) is 5.88 Å². The highest BCUT2D eigenvalue weighted by Crippen LogP contribution is 2.42. The highest BCUT2D eigenvalue weighted by atomic mass is 16.4. The third-order valence-corrected chi connectivity index (χ3v) is 3.94. The summed E-state index contributed by atoms with van der Waals surface area (Å²) < 4.78 is 11.5. The molecule has 0 N–H and O–H groups in total. The summed E-state index contributed by atoms with van der Waals surface area (Å²) in [6.45, 7) is 0. The molecule has 124 valence electrons. The summed E-state index contributed by atoms with van der Waals surface area (Å²) in [5.74, 6) is 1.41. The monoisotopic (exact) mass is 338 g/mol. The predicted octanol–water partition coefficient (Wildman–Crippen LogP) is 5.83. The van der Waals surface area contributed by atoms with Crippen molar-refractivity contribution in [3.05, 3.63) is 90.2 Å². The van der Waals surface area contributed by atoms with E-state index in [1.54, 1.807) is 18.5 Å². The molecule has 0 spiro atoms. The maximum absolute atomic E-state index is 9.73. The van der Waals surface area contributed by atoms with E-state index < -0.39 is 0 Å². The Morgan fingerprint density at radius 2 is 1.62 bits per heavy atom. The number of hydrogen-bond donors (Lipinski definition) is 0. The molecule has 26 heavy (non-hydrogen) atoms. The molecule has 4 heteroatoms. The van der Waals surface area contributed by atoms with Gasteiger partial charge in [0.2, 0.25) is 5.88 Å². The van der Waals surface area contributed by atoms with E-state index in [1.165, 1.54) is 0 Å². The van der Waals surface area contributed by atoms with E-state index in [9.17, 15) is 5.26 Å². The summed E-state index contributed by atoms with van der Waals surface area (Å²) in [7, 11) is 0. The fourth-order valence-corrected chi connectivity index (χ4v) is 2.73. The SMILES string of the molecule is N#Cc1c(N=Cc2ccccc2)oc(-c2ccccc2)c1-c1ccco1. The molecule has 0 unspecified atom stereocenters. The van der Waals surface area contributed by atoms with E-state index in [0.717, 1.165) is 11.1 Å². The van der Waals surface area contributed by atoms with Crippen molar-refractivity contribution in [1.29, 1.82) is 5.26 Å². The minimum absolute atomic E-state index is 0.265. The Balaban J connectivity index is 1.88. The molecule has 4 nitrogen and oxygen atoms in total. The lowest BCUT2D eigenvalue weighted by Gasteiger charge is -1.99. The Kier molecular flexibility index (Phi) is 4.19. The van der Waals surface area contributed by atoms with Gasteiger partial charge >= 0.3 is 0 Å². The number of nitrogens with zero attached hydrogens (tertiary/aromatic N) is 2. The third kappa shape index (κ3) is 2.94. The number of furan rings is 2. The van der Waals surface area contributed by atoms with Gasteiger partial charge in [0.25, 0.3) is 0 Å². The minimum atomic E-state index is 0.265. The van der Waals surface area contributed by atoms with Crippen molar-refractivity contribution in [3.63, 3.8) is 0 Å². The summed E-state index contributed by atoms with van der Waals surface area (Å²) in [5.41, 5.74) is 2.75. The minimum Gasteiger partial charge on any atom is -0.464 e. The standard InChI is InChI=1S/C22H14N2O2/c23-14-18-20(19-12-7-13-25-19)21(17-10-5-2-6-11-17)26-22(18)24-15-16-8-3-1-4-9-16/h1-13,15H. The van der Waals surface area contributed by atoms with E-state index in [2.05, 4.69) is 11.1 Å². The molecule has 2 heterocycles. The van der Waals surface area contributed by atoms with Crippen LogP contribution in [0.3, 0.4) is 0 Å². The maximum atomic E-state index is 9.73. The number of rotatable bonds is 4. The summed E-state index contributed by atoms with van der Waals surface area (Å²) in [4.78, 5) is 4.41. The molecule has 0 radical (unpaired) electrons. The second-order valence-electron chi connectivity index (χ2n) is 5.61. The molecule has 4 aromatic rings. The third-order valence-electron chi connectivity index (χ3n) is 3.94. The number of hydrogen-bond acceptors (Lipinski definition) is 4. The van der Waals surface area contributed by atoms with Crippen LogP contribution in [-0.2, 0) is 0 Å². The Morgan fingerprint density at radius 3 is 2.27 bits per heavy atom. The number of benzene rings is 2. The van der Waals surface area contributed by atoms with Gasteiger partial charge in [-0.3, -0.25) is 0 Å². The molecule has 4 rings (SSSR count). The Bertz CT molecular complexity index is 1070. The quantitative estimate of drug-likeness (QED) is 0.440. The van der Waals surface area contributed by atoms with Crippen LogP contribution in [0.15, 0.2) is 92.9 Å². The van der Waals surface area contributed by atoms with Gasteiger partial charge in [0.15, 0.2) is 0 Å². The average molecular weight is 338 g/mol. The second kappa shape index (κ2) is 6.96. The van der Waals surface area contributed by atoms with Crippen molar-refractivity contribution in [2.45, 2.75) is 0 Å². The molecular weight excluding hydrogens is 324 g/mol. The van der Waals surface area contributed by atoms with E-state index in [1.807, 2.05) is 66.7 Å². The zero-order valence-corrected chi connectivity index (χ0v) is 13.8. The van der Waals surface area contributed by atoms with Crippen molar-refractivity contribution in [2.75, 3.05) is 0 Å². The van der Waals surface area contributed by atoms with Crippen LogP contribution in [-0.4, -0.2) is 6.21 Å². The lowest BCUT2D eigenvalue weighted by Crippen LogP contribution is -1.81. The number of aliphatic imine (C=N–C) groups is 1. The van der Waals surface area contributed by atoms with Crippen LogP contribution >= 0.6 is 0 Å².